The van der Waals surface area contributed by atoms with Crippen LogP contribution in [0.25, 0.3) is 0 Å². The van der Waals surface area contributed by atoms with E-state index in [2.05, 4.69) is 10.3 Å². The van der Waals surface area contributed by atoms with Crippen molar-refractivity contribution in [2.45, 2.75) is 25.4 Å². The van der Waals surface area contributed by atoms with Gasteiger partial charge in [0.1, 0.15) is 18.5 Å². The van der Waals surface area contributed by atoms with Crippen LogP contribution in [0.5, 0.6) is 11.5 Å². The number of amides is 1. The highest BCUT2D eigenvalue weighted by Gasteiger charge is 2.22. The summed E-state index contributed by atoms with van der Waals surface area (Å²) in [7, 11) is 0. The number of fused-ring (bicyclic) bond motifs is 1. The van der Waals surface area contributed by atoms with Crippen LogP contribution in [0.1, 0.15) is 29.6 Å². The molecule has 2 aromatic rings. The summed E-state index contributed by atoms with van der Waals surface area (Å²) in [5.41, 5.74) is 0.527. The number of hydrogen-bond acceptors (Lipinski definition) is 5. The van der Waals surface area contributed by atoms with E-state index in [0.717, 1.165) is 37.4 Å². The smallest absolute Gasteiger partial charge is 0.255 e. The van der Waals surface area contributed by atoms with E-state index in [9.17, 15) is 4.79 Å². The summed E-state index contributed by atoms with van der Waals surface area (Å²) in [5, 5.41) is 3.61. The maximum absolute atomic E-state index is 12.6. The number of carbonyl (C=O) groups excluding carboxylic acids is 1. The van der Waals surface area contributed by atoms with Crippen molar-refractivity contribution >= 4 is 23.3 Å². The van der Waals surface area contributed by atoms with Crippen molar-refractivity contribution in [3.63, 3.8) is 0 Å². The molecular weight excluding hydrogens is 366 g/mol. The van der Waals surface area contributed by atoms with Crippen molar-refractivity contribution in [3.8, 4) is 11.5 Å². The highest BCUT2D eigenvalue weighted by atomic mass is 35.5. The molecule has 1 N–H and O–H groups in total. The molecule has 6 nitrogen and oxygen atoms in total. The third-order valence-electron chi connectivity index (χ3n) is 4.80. The first kappa shape index (κ1) is 17.9. The average molecular weight is 388 g/mol. The molecule has 0 bridgehead atoms. The third kappa shape index (κ3) is 4.11. The maximum Gasteiger partial charge on any atom is 0.255 e. The fraction of sp³-hybridized carbons (Fsp3) is 0.400. The Morgan fingerprint density at radius 3 is 2.78 bits per heavy atom. The first-order chi connectivity index (χ1) is 13.2. The molecule has 1 aromatic carbocycles. The van der Waals surface area contributed by atoms with Crippen molar-refractivity contribution < 1.29 is 14.3 Å². The van der Waals surface area contributed by atoms with Gasteiger partial charge in [0.05, 0.1) is 17.1 Å². The molecule has 2 aliphatic heterocycles. The lowest BCUT2D eigenvalue weighted by Gasteiger charge is -2.27. The summed E-state index contributed by atoms with van der Waals surface area (Å²) in [6.45, 7) is 2.56. The van der Waals surface area contributed by atoms with E-state index in [-0.39, 0.29) is 12.0 Å². The van der Waals surface area contributed by atoms with Crippen molar-refractivity contribution in [2.24, 2.45) is 0 Å². The lowest BCUT2D eigenvalue weighted by molar-refractivity contribution is 0.0724. The second-order valence-corrected chi connectivity index (χ2v) is 7.19. The van der Waals surface area contributed by atoms with Crippen molar-refractivity contribution in [2.75, 3.05) is 31.6 Å². The van der Waals surface area contributed by atoms with E-state index in [4.69, 9.17) is 21.1 Å². The van der Waals surface area contributed by atoms with Gasteiger partial charge in [-0.3, -0.25) is 4.79 Å². The first-order valence-electron chi connectivity index (χ1n) is 9.28. The van der Waals surface area contributed by atoms with E-state index in [0.29, 0.717) is 29.6 Å². The minimum Gasteiger partial charge on any atom is -0.486 e. The topological polar surface area (TPSA) is 63.7 Å². The molecule has 0 spiro atoms. The van der Waals surface area contributed by atoms with Crippen LogP contribution < -0.4 is 14.8 Å². The number of likely N-dealkylation sites (tertiary alicyclic amines) is 1. The van der Waals surface area contributed by atoms with Crippen LogP contribution >= 0.6 is 11.6 Å². The van der Waals surface area contributed by atoms with Gasteiger partial charge in [-0.2, -0.15) is 0 Å². The highest BCUT2D eigenvalue weighted by Crippen LogP contribution is 2.31. The number of rotatable bonds is 4. The fourth-order valence-corrected chi connectivity index (χ4v) is 3.57. The van der Waals surface area contributed by atoms with Gasteiger partial charge in [-0.1, -0.05) is 23.7 Å². The van der Waals surface area contributed by atoms with E-state index < -0.39 is 0 Å². The van der Waals surface area contributed by atoms with Crippen LogP contribution in [-0.4, -0.2) is 48.1 Å². The lowest BCUT2D eigenvalue weighted by atomic mass is 10.1. The van der Waals surface area contributed by atoms with Gasteiger partial charge in [-0.25, -0.2) is 4.98 Å². The number of nitrogens with zero attached hydrogens (tertiary/aromatic N) is 2. The Balaban J connectivity index is 1.36. The van der Waals surface area contributed by atoms with Gasteiger partial charge in [0, 0.05) is 19.3 Å². The number of aromatic nitrogens is 1. The Bertz CT molecular complexity index is 824. The molecule has 1 unspecified atom stereocenters. The van der Waals surface area contributed by atoms with Crippen LogP contribution in [0, 0.1) is 0 Å². The maximum atomic E-state index is 12.6. The summed E-state index contributed by atoms with van der Waals surface area (Å²) >= 11 is 6.34. The molecule has 1 aromatic heterocycles. The molecule has 3 heterocycles. The first-order valence-corrected chi connectivity index (χ1v) is 9.65. The van der Waals surface area contributed by atoms with Crippen molar-refractivity contribution in [1.82, 2.24) is 9.88 Å². The number of hydrogen-bond donors (Lipinski definition) is 1. The number of piperidine rings is 1. The molecule has 1 fully saturated rings. The second-order valence-electron chi connectivity index (χ2n) is 6.79. The minimum atomic E-state index is -0.146. The number of ether oxygens (including phenoxy) is 2. The van der Waals surface area contributed by atoms with Gasteiger partial charge in [-0.15, -0.1) is 0 Å². The zero-order chi connectivity index (χ0) is 18.6. The normalized spacial score (nSPS) is 18.9. The van der Waals surface area contributed by atoms with E-state index >= 15 is 0 Å². The van der Waals surface area contributed by atoms with Gasteiger partial charge in [0.25, 0.3) is 5.91 Å². The van der Waals surface area contributed by atoms with Gasteiger partial charge in [0.15, 0.2) is 11.5 Å². The van der Waals surface area contributed by atoms with Gasteiger partial charge < -0.3 is 19.7 Å². The van der Waals surface area contributed by atoms with Crippen molar-refractivity contribution in [3.05, 3.63) is 47.1 Å². The summed E-state index contributed by atoms with van der Waals surface area (Å²) in [4.78, 5) is 18.8. The molecule has 0 saturated carbocycles. The Hall–Kier alpha value is -2.47. The number of anilines is 1. The molecule has 7 heteroatoms. The summed E-state index contributed by atoms with van der Waals surface area (Å²) < 4.78 is 11.6. The van der Waals surface area contributed by atoms with Crippen LogP contribution in [0.15, 0.2) is 36.5 Å². The summed E-state index contributed by atoms with van der Waals surface area (Å²) in [6, 6.07) is 9.27. The standard InChI is InChI=1S/C20H22ClN3O3/c21-16-10-14(20(25)24-8-4-1-5-9-24)11-22-19(16)23-12-15-13-26-17-6-2-3-7-18(17)27-15/h2-3,6-7,10-11,15H,1,4-5,8-9,12-13H2,(H,22,23). The zero-order valence-electron chi connectivity index (χ0n) is 15.0. The molecule has 0 radical (unpaired) electrons. The largest absolute Gasteiger partial charge is 0.486 e. The monoisotopic (exact) mass is 387 g/mol. The number of halogens is 1. The van der Waals surface area contributed by atoms with Crippen LogP contribution in [0.2, 0.25) is 5.02 Å². The Morgan fingerprint density at radius 1 is 1.22 bits per heavy atom. The molecule has 0 aliphatic carbocycles. The molecule has 1 amide bonds. The van der Waals surface area contributed by atoms with E-state index in [1.807, 2.05) is 29.2 Å². The third-order valence-corrected chi connectivity index (χ3v) is 5.08. The van der Waals surface area contributed by atoms with Gasteiger partial charge >= 0.3 is 0 Å². The molecule has 142 valence electrons. The van der Waals surface area contributed by atoms with Crippen LogP contribution in [0.4, 0.5) is 5.82 Å². The predicted octanol–water partition coefficient (Wildman–Crippen LogP) is 3.61. The Kier molecular flexibility index (Phi) is 5.34. The second kappa shape index (κ2) is 8.05. The number of pyridine rings is 1. The van der Waals surface area contributed by atoms with Gasteiger partial charge in [-0.05, 0) is 37.5 Å². The number of benzene rings is 1. The number of nitrogens with one attached hydrogen (secondary N) is 1. The van der Waals surface area contributed by atoms with E-state index in [1.54, 1.807) is 12.3 Å². The molecular formula is C20H22ClN3O3. The number of para-hydroxylation sites is 2. The Labute approximate surface area is 163 Å². The Morgan fingerprint density at radius 2 is 2.00 bits per heavy atom. The van der Waals surface area contributed by atoms with Crippen molar-refractivity contribution in [1.29, 1.82) is 0 Å². The van der Waals surface area contributed by atoms with Crippen LogP contribution in [-0.2, 0) is 0 Å². The van der Waals surface area contributed by atoms with Gasteiger partial charge in [0.2, 0.25) is 0 Å². The summed E-state index contributed by atoms with van der Waals surface area (Å²) in [5.74, 6) is 2.02. The number of carbonyl (C=O) groups is 1. The quantitative estimate of drug-likeness (QED) is 0.868. The fourth-order valence-electron chi connectivity index (χ4n) is 3.34. The molecule has 1 saturated heterocycles. The molecule has 1 atom stereocenters. The molecule has 4 rings (SSSR count). The predicted molar refractivity (Wildman–Crippen MR) is 104 cm³/mol. The van der Waals surface area contributed by atoms with Crippen LogP contribution in [0.3, 0.4) is 0 Å². The molecule has 27 heavy (non-hydrogen) atoms. The average Bonchev–Trinajstić information content (AvgIpc) is 2.73. The zero-order valence-corrected chi connectivity index (χ0v) is 15.7. The van der Waals surface area contributed by atoms with E-state index in [1.165, 1.54) is 6.42 Å². The minimum absolute atomic E-state index is 0.00345. The molecule has 2 aliphatic rings. The highest BCUT2D eigenvalue weighted by molar-refractivity contribution is 6.33. The SMILES string of the molecule is O=C(c1cnc(NCC2COc3ccccc3O2)c(Cl)c1)N1CCCCC1. The lowest BCUT2D eigenvalue weighted by Crippen LogP contribution is -2.36. The summed E-state index contributed by atoms with van der Waals surface area (Å²) in [6.07, 6.45) is 4.73.